The number of sulfonamides is 1. The van der Waals surface area contributed by atoms with Crippen LogP contribution in [0.15, 0.2) is 71.6 Å². The first kappa shape index (κ1) is 22.5. The van der Waals surface area contributed by atoms with Gasteiger partial charge in [-0.25, -0.2) is 8.42 Å². The number of carbonyl (C=O) groups is 2. The van der Waals surface area contributed by atoms with Gasteiger partial charge in [0, 0.05) is 5.69 Å². The number of hydrogen-bond donors (Lipinski definition) is 2. The van der Waals surface area contributed by atoms with Gasteiger partial charge in [0.1, 0.15) is 6.04 Å². The molecule has 0 bridgehead atoms. The number of fused-ring (bicyclic) bond motifs is 1. The second kappa shape index (κ2) is 8.71. The van der Waals surface area contributed by atoms with Gasteiger partial charge in [-0.15, -0.1) is 0 Å². The van der Waals surface area contributed by atoms with E-state index >= 15 is 0 Å². The van der Waals surface area contributed by atoms with E-state index < -0.39 is 27.9 Å². The van der Waals surface area contributed by atoms with Crippen molar-refractivity contribution in [3.8, 4) is 0 Å². The number of para-hydroxylation sites is 3. The van der Waals surface area contributed by atoms with Gasteiger partial charge < -0.3 is 10.6 Å². The third kappa shape index (κ3) is 4.34. The quantitative estimate of drug-likeness (QED) is 0.594. The lowest BCUT2D eigenvalue weighted by atomic mass is 10.1. The molecule has 170 valence electrons. The molecule has 0 radical (unpaired) electrons. The van der Waals surface area contributed by atoms with Crippen LogP contribution in [0.3, 0.4) is 0 Å². The highest BCUT2D eigenvalue weighted by molar-refractivity contribution is 7.93. The zero-order valence-electron chi connectivity index (χ0n) is 18.6. The van der Waals surface area contributed by atoms with Gasteiger partial charge in [-0.1, -0.05) is 48.0 Å². The lowest BCUT2D eigenvalue weighted by Gasteiger charge is -2.37. The van der Waals surface area contributed by atoms with E-state index in [0.29, 0.717) is 28.2 Å². The molecule has 1 heterocycles. The van der Waals surface area contributed by atoms with E-state index in [9.17, 15) is 18.0 Å². The summed E-state index contributed by atoms with van der Waals surface area (Å²) in [6.45, 7) is 5.37. The number of carbonyl (C=O) groups excluding carboxylic acids is 2. The standard InChI is InChI=1S/C25H25N3O4S/c1-16-13-17(2)24(18(3)14-16)33(31,32)28-21-12-8-7-11-20(21)27-25(30)22(28)15-23(29)26-19-9-5-4-6-10-19/h4-14,22H,15H2,1-3H3,(H,26,29)(H,27,30)/t22-/m1/s1. The van der Waals surface area contributed by atoms with E-state index in [1.165, 1.54) is 0 Å². The molecule has 4 rings (SSSR count). The van der Waals surface area contributed by atoms with Crippen molar-refractivity contribution in [2.24, 2.45) is 0 Å². The third-order valence-corrected chi connectivity index (χ3v) is 7.67. The first-order chi connectivity index (χ1) is 15.7. The number of amides is 2. The molecule has 0 fully saturated rings. The van der Waals surface area contributed by atoms with Gasteiger partial charge in [-0.3, -0.25) is 13.9 Å². The predicted octanol–water partition coefficient (Wildman–Crippen LogP) is 4.16. The normalized spacial score (nSPS) is 15.5. The fourth-order valence-electron chi connectivity index (χ4n) is 4.32. The molecule has 0 aromatic heterocycles. The highest BCUT2D eigenvalue weighted by Gasteiger charge is 2.42. The van der Waals surface area contributed by atoms with E-state index in [2.05, 4.69) is 10.6 Å². The van der Waals surface area contributed by atoms with Crippen LogP contribution in [-0.2, 0) is 19.6 Å². The molecule has 2 N–H and O–H groups in total. The summed E-state index contributed by atoms with van der Waals surface area (Å²) >= 11 is 0. The Labute approximate surface area is 193 Å². The van der Waals surface area contributed by atoms with Gasteiger partial charge in [0.15, 0.2) is 0 Å². The average Bonchev–Trinajstić information content (AvgIpc) is 2.73. The van der Waals surface area contributed by atoms with Crippen molar-refractivity contribution in [3.63, 3.8) is 0 Å². The van der Waals surface area contributed by atoms with Crippen LogP contribution in [0.2, 0.25) is 0 Å². The number of aryl methyl sites for hydroxylation is 3. The Kier molecular flexibility index (Phi) is 5.95. The summed E-state index contributed by atoms with van der Waals surface area (Å²) in [7, 11) is -4.16. The van der Waals surface area contributed by atoms with E-state index in [4.69, 9.17) is 0 Å². The van der Waals surface area contributed by atoms with E-state index in [1.54, 1.807) is 74.5 Å². The molecule has 0 saturated carbocycles. The van der Waals surface area contributed by atoms with Gasteiger partial charge in [-0.2, -0.15) is 0 Å². The van der Waals surface area contributed by atoms with Crippen molar-refractivity contribution < 1.29 is 18.0 Å². The molecule has 7 nitrogen and oxygen atoms in total. The minimum Gasteiger partial charge on any atom is -0.326 e. The Bertz CT molecular complexity index is 1310. The minimum atomic E-state index is -4.16. The molecule has 0 saturated heterocycles. The second-order valence-electron chi connectivity index (χ2n) is 8.17. The molecule has 3 aromatic rings. The van der Waals surface area contributed by atoms with Gasteiger partial charge in [0.25, 0.3) is 10.0 Å². The van der Waals surface area contributed by atoms with Crippen molar-refractivity contribution >= 4 is 38.9 Å². The Morgan fingerprint density at radius 2 is 1.58 bits per heavy atom. The summed E-state index contributed by atoms with van der Waals surface area (Å²) in [4.78, 5) is 26.0. The summed E-state index contributed by atoms with van der Waals surface area (Å²) in [5, 5.41) is 5.48. The lowest BCUT2D eigenvalue weighted by molar-refractivity contribution is -0.122. The van der Waals surface area contributed by atoms with Crippen molar-refractivity contribution in [2.45, 2.75) is 38.1 Å². The summed E-state index contributed by atoms with van der Waals surface area (Å²) in [6, 6.07) is 17.9. The smallest absolute Gasteiger partial charge is 0.265 e. The van der Waals surface area contributed by atoms with Crippen LogP contribution in [0.4, 0.5) is 17.1 Å². The van der Waals surface area contributed by atoms with Crippen molar-refractivity contribution in [1.82, 2.24) is 0 Å². The molecular weight excluding hydrogens is 438 g/mol. The van der Waals surface area contributed by atoms with E-state index in [0.717, 1.165) is 9.87 Å². The molecular formula is C25H25N3O4S. The molecule has 1 atom stereocenters. The molecule has 1 aliphatic heterocycles. The van der Waals surface area contributed by atoms with Crippen LogP contribution < -0.4 is 14.9 Å². The molecule has 33 heavy (non-hydrogen) atoms. The first-order valence-electron chi connectivity index (χ1n) is 10.6. The molecule has 0 aliphatic carbocycles. The number of anilines is 3. The topological polar surface area (TPSA) is 95.6 Å². The predicted molar refractivity (Wildman–Crippen MR) is 129 cm³/mol. The van der Waals surface area contributed by atoms with Gasteiger partial charge in [-0.05, 0) is 56.2 Å². The SMILES string of the molecule is Cc1cc(C)c(S(=O)(=O)N2c3ccccc3NC(=O)[C@H]2CC(=O)Nc2ccccc2)c(C)c1. The zero-order valence-corrected chi connectivity index (χ0v) is 19.4. The first-order valence-corrected chi connectivity index (χ1v) is 12.0. The number of nitrogens with one attached hydrogen (secondary N) is 2. The Morgan fingerprint density at radius 3 is 2.24 bits per heavy atom. The molecule has 0 unspecified atom stereocenters. The number of benzene rings is 3. The van der Waals surface area contributed by atoms with Crippen molar-refractivity contribution in [1.29, 1.82) is 0 Å². The fraction of sp³-hybridized carbons (Fsp3) is 0.200. The second-order valence-corrected chi connectivity index (χ2v) is 9.92. The third-order valence-electron chi connectivity index (χ3n) is 5.54. The molecule has 3 aromatic carbocycles. The average molecular weight is 464 g/mol. The van der Waals surface area contributed by atoms with Gasteiger partial charge in [0.2, 0.25) is 11.8 Å². The fourth-order valence-corrected chi connectivity index (χ4v) is 6.37. The van der Waals surface area contributed by atoms with Crippen molar-refractivity contribution in [3.05, 3.63) is 83.4 Å². The van der Waals surface area contributed by atoms with Crippen LogP contribution >= 0.6 is 0 Å². The summed E-state index contributed by atoms with van der Waals surface area (Å²) in [5.74, 6) is -1.01. The van der Waals surface area contributed by atoms with Crippen molar-refractivity contribution in [2.75, 3.05) is 14.9 Å². The van der Waals surface area contributed by atoms with Crippen LogP contribution in [-0.4, -0.2) is 26.3 Å². The monoisotopic (exact) mass is 463 g/mol. The minimum absolute atomic E-state index is 0.145. The summed E-state index contributed by atoms with van der Waals surface area (Å²) < 4.78 is 29.1. The lowest BCUT2D eigenvalue weighted by Crippen LogP contribution is -2.52. The maximum Gasteiger partial charge on any atom is 0.265 e. The maximum absolute atomic E-state index is 14.0. The largest absolute Gasteiger partial charge is 0.326 e. The summed E-state index contributed by atoms with van der Waals surface area (Å²) in [5.41, 5.74) is 3.40. The van der Waals surface area contributed by atoms with E-state index in [1.807, 2.05) is 13.0 Å². The van der Waals surface area contributed by atoms with Crippen LogP contribution in [0, 0.1) is 20.8 Å². The number of nitrogens with zero attached hydrogens (tertiary/aromatic N) is 1. The molecule has 8 heteroatoms. The van der Waals surface area contributed by atoms with Crippen LogP contribution in [0.25, 0.3) is 0 Å². The summed E-state index contributed by atoms with van der Waals surface area (Å²) in [6.07, 6.45) is -0.335. The highest BCUT2D eigenvalue weighted by atomic mass is 32.2. The number of rotatable bonds is 5. The molecule has 0 spiro atoms. The molecule has 2 amide bonds. The van der Waals surface area contributed by atoms with Crippen LogP contribution in [0.1, 0.15) is 23.1 Å². The number of hydrogen-bond acceptors (Lipinski definition) is 4. The van der Waals surface area contributed by atoms with E-state index in [-0.39, 0.29) is 11.3 Å². The molecule has 1 aliphatic rings. The Hall–Kier alpha value is -3.65. The van der Waals surface area contributed by atoms with Crippen LogP contribution in [0.5, 0.6) is 0 Å². The Balaban J connectivity index is 1.79. The zero-order chi connectivity index (χ0) is 23.8. The maximum atomic E-state index is 14.0. The Morgan fingerprint density at radius 1 is 0.970 bits per heavy atom. The van der Waals surface area contributed by atoms with Gasteiger partial charge in [0.05, 0.1) is 22.7 Å². The highest BCUT2D eigenvalue weighted by Crippen LogP contribution is 2.38. The van der Waals surface area contributed by atoms with Gasteiger partial charge >= 0.3 is 0 Å².